The van der Waals surface area contributed by atoms with Crippen LogP contribution in [0.5, 0.6) is 5.88 Å². The number of aliphatic carboxylic acids is 1. The molecule has 2 unspecified atom stereocenters. The molecule has 1 amide bonds. The van der Waals surface area contributed by atoms with E-state index in [2.05, 4.69) is 10.3 Å². The number of rotatable bonds is 6. The Kier molecular flexibility index (Phi) is 6.69. The van der Waals surface area contributed by atoms with E-state index in [9.17, 15) is 22.8 Å². The van der Waals surface area contributed by atoms with Gasteiger partial charge in [0.25, 0.3) is 0 Å². The molecular formula is C16H18ClF3N2O4. The molecule has 1 aliphatic rings. The van der Waals surface area contributed by atoms with Crippen LogP contribution in [0, 0.1) is 11.8 Å². The quantitative estimate of drug-likeness (QED) is 0.724. The number of hydrogen-bond acceptors (Lipinski definition) is 4. The van der Waals surface area contributed by atoms with Crippen LogP contribution < -0.4 is 10.1 Å². The zero-order chi connectivity index (χ0) is 19.3. The monoisotopic (exact) mass is 394 g/mol. The van der Waals surface area contributed by atoms with Gasteiger partial charge >= 0.3 is 12.1 Å². The molecule has 1 saturated carbocycles. The summed E-state index contributed by atoms with van der Waals surface area (Å²) in [6.07, 6.45) is -1.75. The van der Waals surface area contributed by atoms with Crippen molar-refractivity contribution in [3.63, 3.8) is 0 Å². The summed E-state index contributed by atoms with van der Waals surface area (Å²) in [5.41, 5.74) is -0.978. The predicted molar refractivity (Wildman–Crippen MR) is 85.8 cm³/mol. The van der Waals surface area contributed by atoms with E-state index in [1.165, 1.54) is 0 Å². The van der Waals surface area contributed by atoms with E-state index in [1.54, 1.807) is 0 Å². The Labute approximate surface area is 152 Å². The second-order valence-electron chi connectivity index (χ2n) is 6.05. The molecule has 1 aromatic heterocycles. The van der Waals surface area contributed by atoms with Gasteiger partial charge in [-0.2, -0.15) is 13.2 Å². The SMILES string of the molecule is O=C(O)C1CCCC(C(=O)NCCOc2ncc(C(F)(F)F)cc2Cl)C1. The van der Waals surface area contributed by atoms with Gasteiger partial charge < -0.3 is 15.2 Å². The lowest BCUT2D eigenvalue weighted by atomic mass is 9.81. The van der Waals surface area contributed by atoms with Crippen molar-refractivity contribution in [1.29, 1.82) is 0 Å². The maximum Gasteiger partial charge on any atom is 0.417 e. The van der Waals surface area contributed by atoms with Gasteiger partial charge in [0.1, 0.15) is 11.6 Å². The molecule has 0 aromatic carbocycles. The normalized spacial score (nSPS) is 20.5. The Morgan fingerprint density at radius 1 is 1.35 bits per heavy atom. The molecule has 6 nitrogen and oxygen atoms in total. The number of aromatic nitrogens is 1. The molecule has 1 fully saturated rings. The standard InChI is InChI=1S/C16H18ClF3N2O4/c17-12-7-11(16(18,19)20)8-22-14(12)26-5-4-21-13(23)9-2-1-3-10(6-9)15(24)25/h7-10H,1-6H2,(H,21,23)(H,24,25). The molecule has 0 bridgehead atoms. The first kappa shape index (κ1) is 20.3. The van der Waals surface area contributed by atoms with E-state index in [0.717, 1.165) is 6.07 Å². The molecule has 0 radical (unpaired) electrons. The van der Waals surface area contributed by atoms with Crippen LogP contribution in [-0.4, -0.2) is 35.1 Å². The largest absolute Gasteiger partial charge is 0.481 e. The lowest BCUT2D eigenvalue weighted by Crippen LogP contribution is -2.37. The van der Waals surface area contributed by atoms with Crippen molar-refractivity contribution in [2.75, 3.05) is 13.2 Å². The van der Waals surface area contributed by atoms with E-state index in [0.29, 0.717) is 31.9 Å². The van der Waals surface area contributed by atoms with E-state index in [1.807, 2.05) is 0 Å². The number of alkyl halides is 3. The molecule has 1 heterocycles. The molecule has 2 rings (SSSR count). The van der Waals surface area contributed by atoms with Gasteiger partial charge in [-0.05, 0) is 25.3 Å². The molecule has 0 saturated heterocycles. The number of hydrogen-bond donors (Lipinski definition) is 2. The van der Waals surface area contributed by atoms with Crippen LogP contribution in [0.3, 0.4) is 0 Å². The van der Waals surface area contributed by atoms with Crippen molar-refractivity contribution in [3.05, 3.63) is 22.8 Å². The highest BCUT2D eigenvalue weighted by atomic mass is 35.5. The molecule has 10 heteroatoms. The number of nitrogens with zero attached hydrogens (tertiary/aromatic N) is 1. The van der Waals surface area contributed by atoms with Crippen molar-refractivity contribution < 1.29 is 32.6 Å². The van der Waals surface area contributed by atoms with Gasteiger partial charge in [-0.3, -0.25) is 9.59 Å². The number of carbonyl (C=O) groups excluding carboxylic acids is 1. The second-order valence-corrected chi connectivity index (χ2v) is 6.45. The third-order valence-electron chi connectivity index (χ3n) is 4.17. The van der Waals surface area contributed by atoms with E-state index in [-0.39, 0.29) is 35.9 Å². The number of pyridine rings is 1. The minimum absolute atomic E-state index is 0.0289. The Morgan fingerprint density at radius 3 is 2.65 bits per heavy atom. The first-order valence-corrected chi connectivity index (χ1v) is 8.42. The van der Waals surface area contributed by atoms with E-state index in [4.69, 9.17) is 21.4 Å². The van der Waals surface area contributed by atoms with Crippen LogP contribution in [0.25, 0.3) is 0 Å². The molecule has 0 aliphatic heterocycles. The van der Waals surface area contributed by atoms with Gasteiger partial charge in [0.15, 0.2) is 0 Å². The second kappa shape index (κ2) is 8.57. The van der Waals surface area contributed by atoms with Crippen molar-refractivity contribution >= 4 is 23.5 Å². The summed E-state index contributed by atoms with van der Waals surface area (Å²) < 4.78 is 42.8. The van der Waals surface area contributed by atoms with Crippen LogP contribution in [0.1, 0.15) is 31.2 Å². The maximum absolute atomic E-state index is 12.5. The minimum Gasteiger partial charge on any atom is -0.481 e. The fourth-order valence-electron chi connectivity index (χ4n) is 2.81. The smallest absolute Gasteiger partial charge is 0.417 e. The molecule has 2 N–H and O–H groups in total. The topological polar surface area (TPSA) is 88.5 Å². The summed E-state index contributed by atoms with van der Waals surface area (Å²) in [7, 11) is 0. The Balaban J connectivity index is 1.78. The van der Waals surface area contributed by atoms with Crippen molar-refractivity contribution in [1.82, 2.24) is 10.3 Å². The lowest BCUT2D eigenvalue weighted by molar-refractivity contribution is -0.144. The zero-order valence-corrected chi connectivity index (χ0v) is 14.4. The fraction of sp³-hybridized carbons (Fsp3) is 0.562. The number of amides is 1. The third-order valence-corrected chi connectivity index (χ3v) is 4.44. The predicted octanol–water partition coefficient (Wildman–Crippen LogP) is 3.14. The fourth-order valence-corrected chi connectivity index (χ4v) is 3.03. The number of carboxylic acids is 1. The number of ether oxygens (including phenoxy) is 1. The summed E-state index contributed by atoms with van der Waals surface area (Å²) in [5, 5.41) is 11.4. The highest BCUT2D eigenvalue weighted by Crippen LogP contribution is 2.33. The van der Waals surface area contributed by atoms with Crippen LogP contribution in [0.4, 0.5) is 13.2 Å². The van der Waals surface area contributed by atoms with Gasteiger partial charge in [-0.25, -0.2) is 4.98 Å². The first-order valence-electron chi connectivity index (χ1n) is 8.04. The molecule has 26 heavy (non-hydrogen) atoms. The summed E-state index contributed by atoms with van der Waals surface area (Å²) >= 11 is 5.71. The van der Waals surface area contributed by atoms with E-state index < -0.39 is 23.6 Å². The molecule has 1 aromatic rings. The highest BCUT2D eigenvalue weighted by molar-refractivity contribution is 6.31. The molecule has 2 atom stereocenters. The summed E-state index contributed by atoms with van der Waals surface area (Å²) in [5.74, 6) is -2.18. The summed E-state index contributed by atoms with van der Waals surface area (Å²) in [6, 6.07) is 0.719. The van der Waals surface area contributed by atoms with Crippen LogP contribution >= 0.6 is 11.6 Å². The van der Waals surface area contributed by atoms with E-state index >= 15 is 0 Å². The molecule has 144 valence electrons. The number of carboxylic acid groups (broad SMARTS) is 1. The minimum atomic E-state index is -4.54. The van der Waals surface area contributed by atoms with Gasteiger partial charge in [0.05, 0.1) is 18.0 Å². The summed E-state index contributed by atoms with van der Waals surface area (Å²) in [4.78, 5) is 26.6. The first-order chi connectivity index (χ1) is 12.2. The number of nitrogens with one attached hydrogen (secondary N) is 1. The molecule has 0 spiro atoms. The van der Waals surface area contributed by atoms with Gasteiger partial charge in [0.2, 0.25) is 11.8 Å². The number of carbonyl (C=O) groups is 2. The van der Waals surface area contributed by atoms with Crippen molar-refractivity contribution in [3.8, 4) is 5.88 Å². The lowest BCUT2D eigenvalue weighted by Gasteiger charge is -2.25. The summed E-state index contributed by atoms with van der Waals surface area (Å²) in [6.45, 7) is 0.0744. The van der Waals surface area contributed by atoms with Gasteiger partial charge in [-0.15, -0.1) is 0 Å². The maximum atomic E-state index is 12.5. The van der Waals surface area contributed by atoms with Crippen molar-refractivity contribution in [2.24, 2.45) is 11.8 Å². The average molecular weight is 395 g/mol. The van der Waals surface area contributed by atoms with Gasteiger partial charge in [-0.1, -0.05) is 18.0 Å². The van der Waals surface area contributed by atoms with Crippen LogP contribution in [0.2, 0.25) is 5.02 Å². The zero-order valence-electron chi connectivity index (χ0n) is 13.7. The van der Waals surface area contributed by atoms with Gasteiger partial charge in [0, 0.05) is 12.1 Å². The Morgan fingerprint density at radius 2 is 2.04 bits per heavy atom. The third kappa shape index (κ3) is 5.48. The number of halogens is 4. The molecule has 1 aliphatic carbocycles. The van der Waals surface area contributed by atoms with Crippen molar-refractivity contribution in [2.45, 2.75) is 31.9 Å². The Hall–Kier alpha value is -2.03. The Bertz CT molecular complexity index is 669. The molecular weight excluding hydrogens is 377 g/mol. The average Bonchev–Trinajstić information content (AvgIpc) is 2.58. The van der Waals surface area contributed by atoms with Crippen LogP contribution in [0.15, 0.2) is 12.3 Å². The highest BCUT2D eigenvalue weighted by Gasteiger charge is 2.32. The van der Waals surface area contributed by atoms with Crippen LogP contribution in [-0.2, 0) is 15.8 Å².